The van der Waals surface area contributed by atoms with Gasteiger partial charge in [-0.05, 0) is 47.2 Å². The number of nitrogens with zero attached hydrogens (tertiary/aromatic N) is 1. The number of rotatable bonds is 2. The van der Waals surface area contributed by atoms with Crippen molar-refractivity contribution in [3.63, 3.8) is 0 Å². The number of nitrogens with two attached hydrogens (primary N) is 1. The van der Waals surface area contributed by atoms with Gasteiger partial charge in [0.25, 0.3) is 0 Å². The summed E-state index contributed by atoms with van der Waals surface area (Å²) < 4.78 is 24.0. The molecule has 1 heterocycles. The predicted octanol–water partition coefficient (Wildman–Crippen LogP) is 1.50. The fourth-order valence-electron chi connectivity index (χ4n) is 2.12. The van der Waals surface area contributed by atoms with Crippen molar-refractivity contribution >= 4 is 43.8 Å². The van der Waals surface area contributed by atoms with Crippen molar-refractivity contribution < 1.29 is 8.42 Å². The largest absolute Gasteiger partial charge is 0.397 e. The Labute approximate surface area is 115 Å². The van der Waals surface area contributed by atoms with Gasteiger partial charge in [-0.3, -0.25) is 0 Å². The Morgan fingerprint density at radius 2 is 2.18 bits per heavy atom. The Balaban J connectivity index is 2.23. The van der Waals surface area contributed by atoms with Gasteiger partial charge in [0.1, 0.15) is 0 Å². The second-order valence-corrected chi connectivity index (χ2v) is 7.85. The maximum absolute atomic E-state index is 11.5. The van der Waals surface area contributed by atoms with E-state index in [9.17, 15) is 8.42 Å². The first kappa shape index (κ1) is 12.9. The maximum Gasteiger partial charge on any atom is 0.152 e. The van der Waals surface area contributed by atoms with Crippen LogP contribution in [0, 0.1) is 3.57 Å². The van der Waals surface area contributed by atoms with Gasteiger partial charge in [-0.25, -0.2) is 8.42 Å². The lowest BCUT2D eigenvalue weighted by Crippen LogP contribution is -2.33. The molecule has 0 bridgehead atoms. The molecule has 1 saturated heterocycles. The number of halogens is 1. The Kier molecular flexibility index (Phi) is 3.53. The molecule has 1 aliphatic heterocycles. The van der Waals surface area contributed by atoms with E-state index < -0.39 is 9.84 Å². The van der Waals surface area contributed by atoms with Crippen molar-refractivity contribution in [3.05, 3.63) is 21.8 Å². The number of anilines is 2. The molecule has 4 nitrogen and oxygen atoms in total. The van der Waals surface area contributed by atoms with E-state index in [2.05, 4.69) is 22.6 Å². The summed E-state index contributed by atoms with van der Waals surface area (Å²) in [6.45, 7) is 0. The fourth-order valence-corrected chi connectivity index (χ4v) is 4.41. The minimum atomic E-state index is -2.85. The number of hydrogen-bond donors (Lipinski definition) is 1. The third-order valence-electron chi connectivity index (χ3n) is 3.13. The van der Waals surface area contributed by atoms with Gasteiger partial charge in [0.15, 0.2) is 9.84 Å². The fraction of sp³-hybridized carbons (Fsp3) is 0.455. The molecule has 1 fully saturated rings. The molecule has 0 spiro atoms. The Bertz CT molecular complexity index is 530. The van der Waals surface area contributed by atoms with Crippen LogP contribution in [0.1, 0.15) is 6.42 Å². The van der Waals surface area contributed by atoms with E-state index in [4.69, 9.17) is 5.73 Å². The van der Waals surface area contributed by atoms with Crippen LogP contribution in [0.25, 0.3) is 0 Å². The summed E-state index contributed by atoms with van der Waals surface area (Å²) in [5.74, 6) is 0.515. The van der Waals surface area contributed by atoms with Crippen LogP contribution in [0.4, 0.5) is 11.4 Å². The molecule has 1 unspecified atom stereocenters. The highest BCUT2D eigenvalue weighted by atomic mass is 127. The van der Waals surface area contributed by atoms with E-state index in [1.165, 1.54) is 0 Å². The van der Waals surface area contributed by atoms with E-state index in [1.807, 2.05) is 30.1 Å². The van der Waals surface area contributed by atoms with Gasteiger partial charge < -0.3 is 10.6 Å². The molecule has 1 atom stereocenters. The van der Waals surface area contributed by atoms with E-state index in [0.29, 0.717) is 12.1 Å². The van der Waals surface area contributed by atoms with Crippen LogP contribution < -0.4 is 10.6 Å². The van der Waals surface area contributed by atoms with E-state index in [0.717, 1.165) is 9.26 Å². The molecule has 2 rings (SSSR count). The molecule has 0 saturated carbocycles. The van der Waals surface area contributed by atoms with E-state index in [-0.39, 0.29) is 17.5 Å². The second-order valence-electron chi connectivity index (χ2n) is 4.37. The zero-order valence-corrected chi connectivity index (χ0v) is 12.5. The Morgan fingerprint density at radius 1 is 1.47 bits per heavy atom. The molecule has 1 aliphatic rings. The number of nitrogen functional groups attached to an aromatic ring is 1. The van der Waals surface area contributed by atoms with Crippen molar-refractivity contribution in [1.82, 2.24) is 0 Å². The van der Waals surface area contributed by atoms with Gasteiger partial charge in [-0.2, -0.15) is 0 Å². The summed E-state index contributed by atoms with van der Waals surface area (Å²) in [5, 5.41) is 0. The topological polar surface area (TPSA) is 63.4 Å². The Morgan fingerprint density at radius 3 is 2.71 bits per heavy atom. The van der Waals surface area contributed by atoms with Crippen LogP contribution in [0.15, 0.2) is 18.2 Å². The molecular formula is C11H15IN2O2S. The molecule has 0 aliphatic carbocycles. The molecule has 17 heavy (non-hydrogen) atoms. The number of benzene rings is 1. The normalized spacial score (nSPS) is 22.6. The molecule has 2 N–H and O–H groups in total. The Hall–Kier alpha value is -0.500. The highest BCUT2D eigenvalue weighted by Crippen LogP contribution is 2.28. The van der Waals surface area contributed by atoms with Crippen molar-refractivity contribution in [2.75, 3.05) is 29.2 Å². The van der Waals surface area contributed by atoms with Gasteiger partial charge >= 0.3 is 0 Å². The zero-order chi connectivity index (χ0) is 12.6. The molecule has 0 radical (unpaired) electrons. The minimum absolute atomic E-state index is 0.0439. The highest BCUT2D eigenvalue weighted by Gasteiger charge is 2.31. The van der Waals surface area contributed by atoms with Crippen molar-refractivity contribution in [2.24, 2.45) is 0 Å². The molecule has 94 valence electrons. The lowest BCUT2D eigenvalue weighted by atomic mass is 10.2. The first-order chi connectivity index (χ1) is 7.89. The third kappa shape index (κ3) is 2.85. The van der Waals surface area contributed by atoms with Crippen LogP contribution in [0.2, 0.25) is 0 Å². The summed E-state index contributed by atoms with van der Waals surface area (Å²) in [6.07, 6.45) is 0.685. The summed E-state index contributed by atoms with van der Waals surface area (Å²) in [7, 11) is -0.947. The third-order valence-corrected chi connectivity index (χ3v) is 5.55. The lowest BCUT2D eigenvalue weighted by Gasteiger charge is -2.27. The van der Waals surface area contributed by atoms with Crippen molar-refractivity contribution in [1.29, 1.82) is 0 Å². The molecule has 1 aromatic rings. The molecule has 0 aromatic heterocycles. The SMILES string of the molecule is CN(c1ccc(I)cc1N)C1CCS(=O)(=O)C1. The summed E-state index contributed by atoms with van der Waals surface area (Å²) >= 11 is 2.20. The molecular weight excluding hydrogens is 351 g/mol. The van der Waals surface area contributed by atoms with Gasteiger partial charge in [0.2, 0.25) is 0 Å². The monoisotopic (exact) mass is 366 g/mol. The number of hydrogen-bond acceptors (Lipinski definition) is 4. The summed E-state index contributed by atoms with van der Waals surface area (Å²) in [6, 6.07) is 5.87. The molecule has 0 amide bonds. The predicted molar refractivity (Wildman–Crippen MR) is 79.0 cm³/mol. The van der Waals surface area contributed by atoms with Crippen LogP contribution in [-0.2, 0) is 9.84 Å². The van der Waals surface area contributed by atoms with Gasteiger partial charge in [-0.15, -0.1) is 0 Å². The van der Waals surface area contributed by atoms with Gasteiger partial charge in [-0.1, -0.05) is 0 Å². The van der Waals surface area contributed by atoms with Crippen LogP contribution in [0.3, 0.4) is 0 Å². The van der Waals surface area contributed by atoms with Crippen LogP contribution in [-0.4, -0.2) is 33.0 Å². The number of sulfone groups is 1. The van der Waals surface area contributed by atoms with Gasteiger partial charge in [0.05, 0.1) is 22.9 Å². The molecule has 1 aromatic carbocycles. The van der Waals surface area contributed by atoms with Crippen molar-refractivity contribution in [2.45, 2.75) is 12.5 Å². The average Bonchev–Trinajstić information content (AvgIpc) is 2.58. The van der Waals surface area contributed by atoms with Crippen molar-refractivity contribution in [3.8, 4) is 0 Å². The average molecular weight is 366 g/mol. The lowest BCUT2D eigenvalue weighted by molar-refractivity contribution is 0.601. The first-order valence-electron chi connectivity index (χ1n) is 5.37. The van der Waals surface area contributed by atoms with Crippen LogP contribution in [0.5, 0.6) is 0 Å². The maximum atomic E-state index is 11.5. The minimum Gasteiger partial charge on any atom is -0.397 e. The van der Waals surface area contributed by atoms with E-state index >= 15 is 0 Å². The first-order valence-corrected chi connectivity index (χ1v) is 8.27. The smallest absolute Gasteiger partial charge is 0.152 e. The second kappa shape index (κ2) is 4.64. The standard InChI is InChI=1S/C11H15IN2O2S/c1-14(9-4-5-17(15,16)7-9)11-3-2-8(12)6-10(11)13/h2-3,6,9H,4-5,7,13H2,1H3. The summed E-state index contributed by atoms with van der Waals surface area (Å²) in [4.78, 5) is 1.98. The van der Waals surface area contributed by atoms with Crippen LogP contribution >= 0.6 is 22.6 Å². The van der Waals surface area contributed by atoms with E-state index in [1.54, 1.807) is 0 Å². The quantitative estimate of drug-likeness (QED) is 0.637. The van der Waals surface area contributed by atoms with Gasteiger partial charge in [0, 0.05) is 16.7 Å². The molecule has 6 heteroatoms. The summed E-state index contributed by atoms with van der Waals surface area (Å²) in [5.41, 5.74) is 7.57. The zero-order valence-electron chi connectivity index (χ0n) is 9.56. The highest BCUT2D eigenvalue weighted by molar-refractivity contribution is 14.1.